The van der Waals surface area contributed by atoms with Gasteiger partial charge < -0.3 is 0 Å². The molecule has 0 aliphatic carbocycles. The van der Waals surface area contributed by atoms with E-state index in [1.807, 2.05) is 12.1 Å². The van der Waals surface area contributed by atoms with Crippen molar-refractivity contribution in [2.24, 2.45) is 0 Å². The lowest BCUT2D eigenvalue weighted by molar-refractivity contribution is 0.585. The van der Waals surface area contributed by atoms with Gasteiger partial charge >= 0.3 is 0 Å². The minimum Gasteiger partial charge on any atom is -0.254 e. The standard InChI is InChI=1S/C38H36N6/c1-37(2,3)27-19-30(43-35(21-27)32-16-14-29(41-7)18-26(32)24-40)11-9-10-12-31-20-28(38(4,5)6)22-36(44-31)33-15-13-25(23-39)17-34(33)42-8/h13-22H,9-12H2,1-6H3. The molecule has 0 spiro atoms. The Morgan fingerprint density at radius 2 is 1.20 bits per heavy atom. The normalized spacial score (nSPS) is 11.2. The van der Waals surface area contributed by atoms with Crippen molar-refractivity contribution in [3.05, 3.63) is 117 Å². The number of nitrogens with zero attached hydrogens (tertiary/aromatic N) is 6. The molecule has 0 atom stereocenters. The lowest BCUT2D eigenvalue weighted by Crippen LogP contribution is -2.13. The van der Waals surface area contributed by atoms with Gasteiger partial charge in [0, 0.05) is 28.1 Å². The molecule has 0 aliphatic rings. The zero-order valence-corrected chi connectivity index (χ0v) is 26.3. The van der Waals surface area contributed by atoms with Crippen LogP contribution in [-0.4, -0.2) is 9.97 Å². The first-order chi connectivity index (χ1) is 20.9. The largest absolute Gasteiger partial charge is 0.254 e. The van der Waals surface area contributed by atoms with Crippen molar-refractivity contribution >= 4 is 11.4 Å². The number of aryl methyl sites for hydroxylation is 2. The molecule has 44 heavy (non-hydrogen) atoms. The second-order valence-corrected chi connectivity index (χ2v) is 13.1. The summed E-state index contributed by atoms with van der Waals surface area (Å²) in [4.78, 5) is 17.1. The molecule has 218 valence electrons. The Morgan fingerprint density at radius 3 is 1.68 bits per heavy atom. The summed E-state index contributed by atoms with van der Waals surface area (Å²) in [5, 5.41) is 19.1. The molecule has 0 aliphatic heterocycles. The highest BCUT2D eigenvalue weighted by molar-refractivity contribution is 5.78. The van der Waals surface area contributed by atoms with Gasteiger partial charge in [-0.3, -0.25) is 9.97 Å². The van der Waals surface area contributed by atoms with Crippen LogP contribution in [0, 0.1) is 35.8 Å². The number of pyridine rings is 2. The van der Waals surface area contributed by atoms with E-state index in [0.29, 0.717) is 22.5 Å². The van der Waals surface area contributed by atoms with Crippen LogP contribution in [0.15, 0.2) is 60.7 Å². The monoisotopic (exact) mass is 576 g/mol. The predicted octanol–water partition coefficient (Wildman–Crippen LogP) is 9.82. The highest BCUT2D eigenvalue weighted by atomic mass is 14.7. The van der Waals surface area contributed by atoms with E-state index in [0.717, 1.165) is 70.7 Å². The van der Waals surface area contributed by atoms with Crippen molar-refractivity contribution in [1.82, 2.24) is 9.97 Å². The Kier molecular flexibility index (Phi) is 9.29. The molecule has 0 unspecified atom stereocenters. The van der Waals surface area contributed by atoms with E-state index in [-0.39, 0.29) is 10.8 Å². The molecule has 2 heterocycles. The molecule has 0 amide bonds. The van der Waals surface area contributed by atoms with E-state index >= 15 is 0 Å². The fourth-order valence-electron chi connectivity index (χ4n) is 5.01. The van der Waals surface area contributed by atoms with Gasteiger partial charge in [-0.25, -0.2) is 9.69 Å². The summed E-state index contributed by atoms with van der Waals surface area (Å²) < 4.78 is 0. The SMILES string of the molecule is [C-]#[N+]c1ccc(-c2cc(C(C)(C)C)cc(CCCCc3cc(C(C)(C)C)cc(-c4ccc(C#N)cc4[N+]#[C-])n3)n2)c(C#N)c1. The average Bonchev–Trinajstić information content (AvgIpc) is 3.01. The molecular weight excluding hydrogens is 540 g/mol. The summed E-state index contributed by atoms with van der Waals surface area (Å²) >= 11 is 0. The van der Waals surface area contributed by atoms with Crippen molar-refractivity contribution in [3.8, 4) is 34.7 Å². The zero-order chi connectivity index (χ0) is 32.1. The quantitative estimate of drug-likeness (QED) is 0.162. The third kappa shape index (κ3) is 7.36. The zero-order valence-electron chi connectivity index (χ0n) is 26.3. The number of rotatable bonds is 7. The van der Waals surface area contributed by atoms with Crippen molar-refractivity contribution in [1.29, 1.82) is 10.5 Å². The molecule has 4 aromatic rings. The summed E-state index contributed by atoms with van der Waals surface area (Å²) in [7, 11) is 0. The minimum atomic E-state index is -0.0982. The van der Waals surface area contributed by atoms with E-state index in [1.165, 1.54) is 0 Å². The molecular formula is C38H36N6. The minimum absolute atomic E-state index is 0.0970. The number of hydrogen-bond acceptors (Lipinski definition) is 4. The maximum Gasteiger partial charge on any atom is 0.197 e. The Balaban J connectivity index is 1.60. The molecule has 0 fully saturated rings. The highest BCUT2D eigenvalue weighted by Crippen LogP contribution is 2.34. The summed E-state index contributed by atoms with van der Waals surface area (Å²) in [5.74, 6) is 0. The van der Waals surface area contributed by atoms with E-state index in [9.17, 15) is 10.5 Å². The van der Waals surface area contributed by atoms with Gasteiger partial charge in [-0.2, -0.15) is 10.5 Å². The van der Waals surface area contributed by atoms with Crippen LogP contribution in [0.25, 0.3) is 32.2 Å². The van der Waals surface area contributed by atoms with Gasteiger partial charge in [0.15, 0.2) is 11.4 Å². The molecule has 6 nitrogen and oxygen atoms in total. The van der Waals surface area contributed by atoms with Gasteiger partial charge in [-0.15, -0.1) is 0 Å². The predicted molar refractivity (Wildman–Crippen MR) is 175 cm³/mol. The van der Waals surface area contributed by atoms with Crippen LogP contribution >= 0.6 is 0 Å². The number of aromatic nitrogens is 2. The Bertz CT molecular complexity index is 1740. The number of nitriles is 2. The summed E-state index contributed by atoms with van der Waals surface area (Å²) in [5.41, 5.74) is 8.82. The molecule has 4 rings (SSSR count). The van der Waals surface area contributed by atoms with Crippen LogP contribution in [0.5, 0.6) is 0 Å². The third-order valence-corrected chi connectivity index (χ3v) is 7.66. The first-order valence-electron chi connectivity index (χ1n) is 14.7. The summed E-state index contributed by atoms with van der Waals surface area (Å²) in [6.45, 7) is 28.0. The fraction of sp³-hybridized carbons (Fsp3) is 0.316. The van der Waals surface area contributed by atoms with E-state index in [2.05, 4.69) is 87.6 Å². The van der Waals surface area contributed by atoms with Gasteiger partial charge in [0.2, 0.25) is 0 Å². The van der Waals surface area contributed by atoms with E-state index in [1.54, 1.807) is 24.3 Å². The van der Waals surface area contributed by atoms with Crippen molar-refractivity contribution < 1.29 is 0 Å². The molecule has 0 radical (unpaired) electrons. The van der Waals surface area contributed by atoms with E-state index < -0.39 is 0 Å². The molecule has 0 saturated carbocycles. The van der Waals surface area contributed by atoms with Gasteiger partial charge in [0.25, 0.3) is 0 Å². The molecule has 0 saturated heterocycles. The first-order valence-corrected chi connectivity index (χ1v) is 14.7. The third-order valence-electron chi connectivity index (χ3n) is 7.66. The second-order valence-electron chi connectivity index (χ2n) is 13.1. The van der Waals surface area contributed by atoms with Crippen LogP contribution in [0.2, 0.25) is 0 Å². The van der Waals surface area contributed by atoms with Crippen LogP contribution < -0.4 is 0 Å². The fourth-order valence-corrected chi connectivity index (χ4v) is 5.01. The van der Waals surface area contributed by atoms with Crippen LogP contribution in [-0.2, 0) is 23.7 Å². The molecule has 2 aromatic heterocycles. The number of hydrogen-bond donors (Lipinski definition) is 0. The second kappa shape index (κ2) is 12.9. The first kappa shape index (κ1) is 31.6. The highest BCUT2D eigenvalue weighted by Gasteiger charge is 2.20. The number of unbranched alkanes of at least 4 members (excludes halogenated alkanes) is 1. The lowest BCUT2D eigenvalue weighted by Gasteiger charge is -2.22. The molecule has 6 heteroatoms. The summed E-state index contributed by atoms with van der Waals surface area (Å²) in [6.07, 6.45) is 3.37. The molecule has 0 N–H and O–H groups in total. The van der Waals surface area contributed by atoms with Crippen molar-refractivity contribution in [2.45, 2.75) is 78.1 Å². The smallest absolute Gasteiger partial charge is 0.197 e. The maximum atomic E-state index is 9.78. The molecule has 0 bridgehead atoms. The van der Waals surface area contributed by atoms with Gasteiger partial charge in [0.05, 0.1) is 42.2 Å². The molecule has 2 aromatic carbocycles. The average molecular weight is 577 g/mol. The van der Waals surface area contributed by atoms with Gasteiger partial charge in [-0.1, -0.05) is 59.7 Å². The topological polar surface area (TPSA) is 82.1 Å². The van der Waals surface area contributed by atoms with Crippen molar-refractivity contribution in [2.75, 3.05) is 0 Å². The summed E-state index contributed by atoms with van der Waals surface area (Å²) in [6, 6.07) is 23.2. The number of benzene rings is 2. The Morgan fingerprint density at radius 1 is 0.659 bits per heavy atom. The lowest BCUT2D eigenvalue weighted by atomic mass is 9.85. The van der Waals surface area contributed by atoms with E-state index in [4.69, 9.17) is 23.1 Å². The van der Waals surface area contributed by atoms with Gasteiger partial charge in [0.1, 0.15) is 0 Å². The van der Waals surface area contributed by atoms with Crippen LogP contribution in [0.1, 0.15) is 88.0 Å². The van der Waals surface area contributed by atoms with Crippen LogP contribution in [0.4, 0.5) is 11.4 Å². The Hall–Kier alpha value is -5.30. The van der Waals surface area contributed by atoms with Crippen molar-refractivity contribution in [3.63, 3.8) is 0 Å². The maximum absolute atomic E-state index is 9.78. The van der Waals surface area contributed by atoms with Crippen LogP contribution in [0.3, 0.4) is 0 Å². The van der Waals surface area contributed by atoms with Gasteiger partial charge in [-0.05, 0) is 90.1 Å². The Labute approximate surface area is 261 Å².